The number of nitrogens with zero attached hydrogens (tertiary/aromatic N) is 2. The van der Waals surface area contributed by atoms with E-state index in [1.54, 1.807) is 4.90 Å². The van der Waals surface area contributed by atoms with E-state index in [-0.39, 0.29) is 29.3 Å². The first-order valence-corrected chi connectivity index (χ1v) is 12.4. The van der Waals surface area contributed by atoms with Gasteiger partial charge in [0, 0.05) is 36.3 Å². The van der Waals surface area contributed by atoms with Crippen molar-refractivity contribution in [3.8, 4) is 0 Å². The van der Waals surface area contributed by atoms with Crippen molar-refractivity contribution >= 4 is 11.8 Å². The fourth-order valence-electron chi connectivity index (χ4n) is 6.09. The minimum absolute atomic E-state index is 0.0485. The first-order valence-electron chi connectivity index (χ1n) is 12.4. The van der Waals surface area contributed by atoms with E-state index in [0.717, 1.165) is 35.9 Å². The van der Waals surface area contributed by atoms with Crippen LogP contribution in [0.3, 0.4) is 0 Å². The molecule has 2 amide bonds. The van der Waals surface area contributed by atoms with E-state index >= 15 is 0 Å². The van der Waals surface area contributed by atoms with E-state index < -0.39 is 11.7 Å². The molecular formula is C27H30F3N3O2. The van der Waals surface area contributed by atoms with Crippen LogP contribution in [-0.2, 0) is 6.18 Å². The number of aryl methyl sites for hydroxylation is 1. The summed E-state index contributed by atoms with van der Waals surface area (Å²) in [6, 6.07) is 8.32. The molecule has 3 atom stereocenters. The monoisotopic (exact) mass is 485 g/mol. The summed E-state index contributed by atoms with van der Waals surface area (Å²) in [5, 5.41) is 3.27. The van der Waals surface area contributed by atoms with Gasteiger partial charge in [0.25, 0.3) is 11.8 Å². The van der Waals surface area contributed by atoms with E-state index in [0.29, 0.717) is 37.4 Å². The van der Waals surface area contributed by atoms with Gasteiger partial charge in [-0.05, 0) is 87.3 Å². The summed E-state index contributed by atoms with van der Waals surface area (Å²) in [7, 11) is 0. The van der Waals surface area contributed by atoms with Gasteiger partial charge in [-0.15, -0.1) is 0 Å². The van der Waals surface area contributed by atoms with Crippen LogP contribution in [-0.4, -0.2) is 40.8 Å². The molecule has 1 aromatic heterocycles. The number of amides is 2. The number of pyridine rings is 1. The lowest BCUT2D eigenvalue weighted by Gasteiger charge is -2.33. The van der Waals surface area contributed by atoms with Crippen molar-refractivity contribution in [1.29, 1.82) is 0 Å². The van der Waals surface area contributed by atoms with Crippen LogP contribution in [0.15, 0.2) is 36.4 Å². The van der Waals surface area contributed by atoms with Crippen molar-refractivity contribution in [1.82, 2.24) is 15.2 Å². The number of carbonyl (C=O) groups excluding carboxylic acids is 2. The quantitative estimate of drug-likeness (QED) is 0.635. The normalized spacial score (nSPS) is 24.6. The average molecular weight is 486 g/mol. The Hall–Kier alpha value is -2.90. The van der Waals surface area contributed by atoms with Gasteiger partial charge in [-0.25, -0.2) is 0 Å². The van der Waals surface area contributed by atoms with E-state index in [1.807, 2.05) is 19.1 Å². The summed E-state index contributed by atoms with van der Waals surface area (Å²) in [4.78, 5) is 32.5. The number of likely N-dealkylation sites (tertiary alicyclic amines) is 1. The molecule has 3 fully saturated rings. The number of carbonyl (C=O) groups is 2. The van der Waals surface area contributed by atoms with E-state index in [1.165, 1.54) is 31.4 Å². The van der Waals surface area contributed by atoms with Crippen molar-refractivity contribution in [3.05, 3.63) is 64.5 Å². The molecule has 2 bridgehead atoms. The zero-order valence-electron chi connectivity index (χ0n) is 19.8. The molecule has 186 valence electrons. The van der Waals surface area contributed by atoms with Crippen LogP contribution in [0.2, 0.25) is 0 Å². The van der Waals surface area contributed by atoms with Crippen molar-refractivity contribution in [2.45, 2.75) is 63.6 Å². The topological polar surface area (TPSA) is 62.3 Å². The lowest BCUT2D eigenvalue weighted by Crippen LogP contribution is -2.40. The number of fused-ring (bicyclic) bond motifs is 2. The highest BCUT2D eigenvalue weighted by Gasteiger charge is 2.40. The molecule has 0 radical (unpaired) electrons. The van der Waals surface area contributed by atoms with Gasteiger partial charge in [0.1, 0.15) is 0 Å². The molecule has 1 aliphatic heterocycles. The summed E-state index contributed by atoms with van der Waals surface area (Å²) in [5.41, 5.74) is 1.73. The van der Waals surface area contributed by atoms with Gasteiger partial charge in [0.05, 0.1) is 16.8 Å². The maximum Gasteiger partial charge on any atom is 0.416 e. The van der Waals surface area contributed by atoms with Crippen LogP contribution in [0.5, 0.6) is 0 Å². The van der Waals surface area contributed by atoms with E-state index in [2.05, 4.69) is 5.32 Å². The zero-order chi connectivity index (χ0) is 24.7. The van der Waals surface area contributed by atoms with Crippen LogP contribution >= 0.6 is 0 Å². The molecule has 0 spiro atoms. The second kappa shape index (κ2) is 9.28. The van der Waals surface area contributed by atoms with Gasteiger partial charge in [0.2, 0.25) is 0 Å². The predicted molar refractivity (Wildman–Crippen MR) is 125 cm³/mol. The third kappa shape index (κ3) is 4.93. The zero-order valence-corrected chi connectivity index (χ0v) is 19.8. The maximum atomic E-state index is 13.2. The van der Waals surface area contributed by atoms with Crippen molar-refractivity contribution in [2.75, 3.05) is 13.1 Å². The molecule has 1 aromatic carbocycles. The lowest BCUT2D eigenvalue weighted by molar-refractivity contribution is -0.137. The lowest BCUT2D eigenvalue weighted by atomic mass is 9.89. The third-order valence-electron chi connectivity index (χ3n) is 7.99. The molecule has 1 saturated heterocycles. The van der Waals surface area contributed by atoms with Gasteiger partial charge < -0.3 is 10.2 Å². The molecule has 3 unspecified atom stereocenters. The molecule has 2 saturated carbocycles. The van der Waals surface area contributed by atoms with Crippen LogP contribution in [0, 0.1) is 18.8 Å². The number of aromatic nitrogens is 1. The van der Waals surface area contributed by atoms with Crippen LogP contribution < -0.4 is 5.32 Å². The smallest absolute Gasteiger partial charge is 0.349 e. The number of halogens is 3. The van der Waals surface area contributed by atoms with Gasteiger partial charge in [-0.3, -0.25) is 14.6 Å². The van der Waals surface area contributed by atoms with E-state index in [9.17, 15) is 22.8 Å². The minimum Gasteiger partial charge on any atom is -0.349 e. The molecule has 8 heteroatoms. The largest absolute Gasteiger partial charge is 0.416 e. The molecule has 35 heavy (non-hydrogen) atoms. The van der Waals surface area contributed by atoms with Crippen LogP contribution in [0.4, 0.5) is 13.2 Å². The highest BCUT2D eigenvalue weighted by atomic mass is 19.4. The SMILES string of the molecule is Cc1ccc(C(=O)NC2CC3CCC2C3)c(C2CCN(C(=O)c3ccc(C(F)(F)F)cc3)CC2)n1. The summed E-state index contributed by atoms with van der Waals surface area (Å²) in [6.07, 6.45) is 1.62. The maximum absolute atomic E-state index is 13.2. The number of alkyl halides is 3. The van der Waals surface area contributed by atoms with Gasteiger partial charge in [-0.2, -0.15) is 13.2 Å². The molecule has 2 heterocycles. The first kappa shape index (κ1) is 23.8. The Kier molecular flexibility index (Phi) is 6.32. The molecule has 5 rings (SSSR count). The Morgan fingerprint density at radius 2 is 1.69 bits per heavy atom. The summed E-state index contributed by atoms with van der Waals surface area (Å²) in [5.74, 6) is 1.04. The highest BCUT2D eigenvalue weighted by molar-refractivity contribution is 5.96. The second-order valence-corrected chi connectivity index (χ2v) is 10.3. The molecular weight excluding hydrogens is 455 g/mol. The Labute approximate surface area is 203 Å². The fourth-order valence-corrected chi connectivity index (χ4v) is 6.09. The number of nitrogens with one attached hydrogen (secondary N) is 1. The standard InChI is InChI=1S/C27H30F3N3O2/c1-16-2-9-22(25(34)32-23-15-17-3-4-20(23)14-17)24(31-16)18-10-12-33(13-11-18)26(35)19-5-7-21(8-6-19)27(28,29)30/h2,5-9,17-18,20,23H,3-4,10-15H2,1H3,(H,32,34). The Bertz CT molecular complexity index is 1110. The van der Waals surface area contributed by atoms with Gasteiger partial charge >= 0.3 is 6.18 Å². The number of rotatable bonds is 4. The van der Waals surface area contributed by atoms with Crippen LogP contribution in [0.1, 0.15) is 82.1 Å². The van der Waals surface area contributed by atoms with Gasteiger partial charge in [0.15, 0.2) is 0 Å². The van der Waals surface area contributed by atoms with Crippen molar-refractivity contribution < 1.29 is 22.8 Å². The first-order chi connectivity index (χ1) is 16.7. The second-order valence-electron chi connectivity index (χ2n) is 10.3. The molecule has 1 N–H and O–H groups in total. The van der Waals surface area contributed by atoms with Crippen molar-refractivity contribution in [3.63, 3.8) is 0 Å². The van der Waals surface area contributed by atoms with Crippen molar-refractivity contribution in [2.24, 2.45) is 11.8 Å². The molecule has 3 aliphatic rings. The Morgan fingerprint density at radius 1 is 0.971 bits per heavy atom. The number of hydrogen-bond donors (Lipinski definition) is 1. The average Bonchev–Trinajstić information content (AvgIpc) is 3.46. The predicted octanol–water partition coefficient (Wildman–Crippen LogP) is 5.35. The number of benzene rings is 1. The summed E-state index contributed by atoms with van der Waals surface area (Å²) in [6.45, 7) is 2.84. The molecule has 2 aliphatic carbocycles. The highest BCUT2D eigenvalue weighted by Crippen LogP contribution is 2.44. The summed E-state index contributed by atoms with van der Waals surface area (Å²) >= 11 is 0. The third-order valence-corrected chi connectivity index (χ3v) is 7.99. The fraction of sp³-hybridized carbons (Fsp3) is 0.519. The van der Waals surface area contributed by atoms with Crippen LogP contribution in [0.25, 0.3) is 0 Å². The Morgan fingerprint density at radius 3 is 2.29 bits per heavy atom. The van der Waals surface area contributed by atoms with E-state index in [4.69, 9.17) is 4.98 Å². The number of piperidine rings is 1. The number of hydrogen-bond acceptors (Lipinski definition) is 3. The Balaban J connectivity index is 1.25. The summed E-state index contributed by atoms with van der Waals surface area (Å²) < 4.78 is 38.5. The minimum atomic E-state index is -4.43. The van der Waals surface area contributed by atoms with Gasteiger partial charge in [-0.1, -0.05) is 6.42 Å². The molecule has 5 nitrogen and oxygen atoms in total. The molecule has 2 aromatic rings.